The summed E-state index contributed by atoms with van der Waals surface area (Å²) in [4.78, 5) is 12.1. The molecule has 0 amide bonds. The summed E-state index contributed by atoms with van der Waals surface area (Å²) in [5.41, 5.74) is 0. The third kappa shape index (κ3) is 38.0. The van der Waals surface area contributed by atoms with Crippen LogP contribution in [0, 0.1) is 11.8 Å². The van der Waals surface area contributed by atoms with Crippen LogP contribution in [0.3, 0.4) is 0 Å². The number of carbonyl (C=O) groups excluding carboxylic acids is 1. The molecular formula is C41H82O2S. The summed E-state index contributed by atoms with van der Waals surface area (Å²) >= 11 is 4.78. The van der Waals surface area contributed by atoms with Crippen LogP contribution in [0.5, 0.6) is 0 Å². The fourth-order valence-corrected chi connectivity index (χ4v) is 6.73. The van der Waals surface area contributed by atoms with Crippen LogP contribution < -0.4 is 0 Å². The summed E-state index contributed by atoms with van der Waals surface area (Å²) in [6, 6.07) is 0. The topological polar surface area (TPSA) is 26.3 Å². The van der Waals surface area contributed by atoms with Crippen molar-refractivity contribution < 1.29 is 9.53 Å². The summed E-state index contributed by atoms with van der Waals surface area (Å²) in [5, 5.41) is 0.438. The Labute approximate surface area is 284 Å². The minimum absolute atomic E-state index is 0.00732. The van der Waals surface area contributed by atoms with E-state index in [0.717, 1.165) is 31.1 Å². The Hall–Kier alpha value is -0.180. The highest BCUT2D eigenvalue weighted by Crippen LogP contribution is 2.18. The van der Waals surface area contributed by atoms with Gasteiger partial charge in [-0.25, -0.2) is 0 Å². The summed E-state index contributed by atoms with van der Waals surface area (Å²) < 4.78 is 5.47. The van der Waals surface area contributed by atoms with Crippen molar-refractivity contribution in [3.8, 4) is 0 Å². The second kappa shape index (κ2) is 35.7. The first-order valence-electron chi connectivity index (χ1n) is 20.3. The third-order valence-electron chi connectivity index (χ3n) is 9.43. The lowest BCUT2D eigenvalue weighted by molar-refractivity contribution is -0.143. The van der Waals surface area contributed by atoms with Crippen LogP contribution in [0.25, 0.3) is 0 Å². The molecule has 0 fully saturated rings. The van der Waals surface area contributed by atoms with Crippen molar-refractivity contribution in [1.29, 1.82) is 0 Å². The zero-order valence-corrected chi connectivity index (χ0v) is 31.7. The molecule has 0 aromatic heterocycles. The molecular weight excluding hydrogens is 557 g/mol. The number of hydrogen-bond donors (Lipinski definition) is 1. The summed E-state index contributed by atoms with van der Waals surface area (Å²) in [7, 11) is 0. The monoisotopic (exact) mass is 639 g/mol. The van der Waals surface area contributed by atoms with E-state index in [4.69, 9.17) is 17.4 Å². The second-order valence-electron chi connectivity index (χ2n) is 15.1. The van der Waals surface area contributed by atoms with Gasteiger partial charge in [-0.05, 0) is 37.5 Å². The maximum absolute atomic E-state index is 12.1. The molecule has 0 rings (SSSR count). The molecule has 0 aliphatic heterocycles. The van der Waals surface area contributed by atoms with E-state index in [2.05, 4.69) is 27.7 Å². The van der Waals surface area contributed by atoms with Gasteiger partial charge in [0.1, 0.15) is 0 Å². The smallest absolute Gasteiger partial charge is 0.305 e. The maximum atomic E-state index is 12.1. The van der Waals surface area contributed by atoms with Crippen molar-refractivity contribution in [2.24, 2.45) is 11.8 Å². The van der Waals surface area contributed by atoms with Crippen LogP contribution >= 0.6 is 12.6 Å². The van der Waals surface area contributed by atoms with Crippen LogP contribution in [0.1, 0.15) is 233 Å². The molecule has 0 aliphatic carbocycles. The molecule has 264 valence electrons. The number of esters is 1. The highest BCUT2D eigenvalue weighted by Gasteiger charge is 2.07. The van der Waals surface area contributed by atoms with E-state index in [1.165, 1.54) is 180 Å². The van der Waals surface area contributed by atoms with Crippen LogP contribution in [0.4, 0.5) is 0 Å². The van der Waals surface area contributed by atoms with Crippen LogP contribution in [-0.4, -0.2) is 17.8 Å². The van der Waals surface area contributed by atoms with Gasteiger partial charge in [-0.3, -0.25) is 4.79 Å². The predicted molar refractivity (Wildman–Crippen MR) is 201 cm³/mol. The van der Waals surface area contributed by atoms with Gasteiger partial charge in [0, 0.05) is 11.7 Å². The molecule has 0 spiro atoms. The molecule has 0 aromatic carbocycles. The second-order valence-corrected chi connectivity index (χ2v) is 15.8. The Morgan fingerprint density at radius 1 is 0.409 bits per heavy atom. The first-order chi connectivity index (χ1) is 21.4. The first-order valence-corrected chi connectivity index (χ1v) is 20.8. The number of hydrogen-bond acceptors (Lipinski definition) is 3. The quantitative estimate of drug-likeness (QED) is 0.0420. The zero-order chi connectivity index (χ0) is 32.4. The Morgan fingerprint density at radius 2 is 0.682 bits per heavy atom. The van der Waals surface area contributed by atoms with Crippen molar-refractivity contribution in [3.05, 3.63) is 0 Å². The van der Waals surface area contributed by atoms with Crippen LogP contribution in [0.15, 0.2) is 0 Å². The molecule has 0 saturated carbocycles. The van der Waals surface area contributed by atoms with Crippen molar-refractivity contribution in [3.63, 3.8) is 0 Å². The van der Waals surface area contributed by atoms with Gasteiger partial charge in [0.15, 0.2) is 0 Å². The standard InChI is InChI=1S/C41H82O2S/c1-38(2)32-27-23-19-15-11-7-5-9-13-17-21-25-29-34-40(44)35-31-36-41(42)43-37-30-26-22-18-14-10-6-8-12-16-20-24-28-33-39(3)4/h38-40,44H,5-37H2,1-4H3. The summed E-state index contributed by atoms with van der Waals surface area (Å²) in [5.74, 6) is 1.74. The van der Waals surface area contributed by atoms with Crippen molar-refractivity contribution in [2.75, 3.05) is 6.61 Å². The number of ether oxygens (including phenoxy) is 1. The van der Waals surface area contributed by atoms with Crippen LogP contribution in [-0.2, 0) is 9.53 Å². The number of thiol groups is 1. The third-order valence-corrected chi connectivity index (χ3v) is 9.94. The Balaban J connectivity index is 3.27. The van der Waals surface area contributed by atoms with Crippen LogP contribution in [0.2, 0.25) is 0 Å². The number of rotatable bonds is 36. The molecule has 0 N–H and O–H groups in total. The van der Waals surface area contributed by atoms with Crippen molar-refractivity contribution in [1.82, 2.24) is 0 Å². The molecule has 2 nitrogen and oxygen atoms in total. The van der Waals surface area contributed by atoms with E-state index in [9.17, 15) is 4.79 Å². The van der Waals surface area contributed by atoms with Gasteiger partial charge in [0.2, 0.25) is 0 Å². The summed E-state index contributed by atoms with van der Waals surface area (Å²) in [6.07, 6.45) is 42.5. The lowest BCUT2D eigenvalue weighted by atomic mass is 10.0. The highest BCUT2D eigenvalue weighted by molar-refractivity contribution is 7.80. The van der Waals surface area contributed by atoms with E-state index in [1.54, 1.807) is 0 Å². The predicted octanol–water partition coefficient (Wildman–Crippen LogP) is 14.6. The molecule has 0 radical (unpaired) electrons. The molecule has 1 atom stereocenters. The normalized spacial score (nSPS) is 12.4. The molecule has 44 heavy (non-hydrogen) atoms. The molecule has 1 unspecified atom stereocenters. The zero-order valence-electron chi connectivity index (χ0n) is 30.8. The van der Waals surface area contributed by atoms with Gasteiger partial charge in [0.25, 0.3) is 0 Å². The van der Waals surface area contributed by atoms with Gasteiger partial charge < -0.3 is 4.74 Å². The van der Waals surface area contributed by atoms with E-state index < -0.39 is 0 Å². The van der Waals surface area contributed by atoms with Gasteiger partial charge in [-0.1, -0.05) is 201 Å². The van der Waals surface area contributed by atoms with E-state index >= 15 is 0 Å². The van der Waals surface area contributed by atoms with Gasteiger partial charge in [-0.2, -0.15) is 12.6 Å². The first kappa shape index (κ1) is 43.8. The number of unbranched alkanes of at least 4 members (excludes halogenated alkanes) is 24. The Bertz CT molecular complexity index is 561. The van der Waals surface area contributed by atoms with Gasteiger partial charge >= 0.3 is 5.97 Å². The fourth-order valence-electron chi connectivity index (χ4n) is 6.36. The SMILES string of the molecule is CC(C)CCCCCCCCCCCCCCCOC(=O)CCCC(S)CCCCCCCCCCCCCCCC(C)C. The molecule has 0 aliphatic rings. The minimum Gasteiger partial charge on any atom is -0.466 e. The lowest BCUT2D eigenvalue weighted by Crippen LogP contribution is -2.07. The molecule has 3 heteroatoms. The maximum Gasteiger partial charge on any atom is 0.305 e. The van der Waals surface area contributed by atoms with E-state index in [-0.39, 0.29) is 5.97 Å². The molecule has 0 heterocycles. The molecule has 0 saturated heterocycles. The van der Waals surface area contributed by atoms with Gasteiger partial charge in [-0.15, -0.1) is 0 Å². The fraction of sp³-hybridized carbons (Fsp3) is 0.976. The van der Waals surface area contributed by atoms with Crippen molar-refractivity contribution >= 4 is 18.6 Å². The van der Waals surface area contributed by atoms with E-state index in [0.29, 0.717) is 18.3 Å². The minimum atomic E-state index is -0.00732. The molecule has 0 bridgehead atoms. The van der Waals surface area contributed by atoms with Crippen molar-refractivity contribution in [2.45, 2.75) is 238 Å². The van der Waals surface area contributed by atoms with E-state index in [1.807, 2.05) is 0 Å². The largest absolute Gasteiger partial charge is 0.466 e. The highest BCUT2D eigenvalue weighted by atomic mass is 32.1. The average molecular weight is 639 g/mol. The average Bonchev–Trinajstić information content (AvgIpc) is 2.98. The molecule has 0 aromatic rings. The van der Waals surface area contributed by atoms with Gasteiger partial charge in [0.05, 0.1) is 6.61 Å². The lowest BCUT2D eigenvalue weighted by Gasteiger charge is -2.10. The Kier molecular flexibility index (Phi) is 35.5. The summed E-state index contributed by atoms with van der Waals surface area (Å²) in [6.45, 7) is 9.94. The Morgan fingerprint density at radius 3 is 1.02 bits per heavy atom. The number of carbonyl (C=O) groups is 1.